The van der Waals surface area contributed by atoms with E-state index in [4.69, 9.17) is 5.73 Å². The van der Waals surface area contributed by atoms with Gasteiger partial charge in [-0.1, -0.05) is 25.1 Å². The molecule has 1 aromatic heterocycles. The number of hydrogen-bond acceptors (Lipinski definition) is 2. The predicted molar refractivity (Wildman–Crippen MR) is 70.3 cm³/mol. The molecule has 2 N–H and O–H groups in total. The number of aromatic nitrogens is 2. The van der Waals surface area contributed by atoms with Crippen molar-refractivity contribution in [1.82, 2.24) is 9.78 Å². The first-order chi connectivity index (χ1) is 8.22. The van der Waals surface area contributed by atoms with Crippen molar-refractivity contribution in [2.45, 2.75) is 32.7 Å². The molecule has 2 rings (SSSR count). The van der Waals surface area contributed by atoms with Gasteiger partial charge in [-0.15, -0.1) is 0 Å². The SMILES string of the molecule is CCc1cccc(CC(C)N)c1-n1cccn1. The van der Waals surface area contributed by atoms with Crippen molar-refractivity contribution in [3.63, 3.8) is 0 Å². The van der Waals surface area contributed by atoms with Crippen LogP contribution in [0.4, 0.5) is 0 Å². The molecule has 0 aliphatic rings. The molecule has 0 aliphatic heterocycles. The lowest BCUT2D eigenvalue weighted by molar-refractivity contribution is 0.725. The van der Waals surface area contributed by atoms with E-state index in [9.17, 15) is 0 Å². The maximum Gasteiger partial charge on any atom is 0.0709 e. The molecule has 90 valence electrons. The molecule has 0 radical (unpaired) electrons. The summed E-state index contributed by atoms with van der Waals surface area (Å²) in [5.41, 5.74) is 9.68. The molecule has 2 aromatic rings. The van der Waals surface area contributed by atoms with Crippen molar-refractivity contribution in [2.24, 2.45) is 5.73 Å². The van der Waals surface area contributed by atoms with Gasteiger partial charge < -0.3 is 5.73 Å². The Morgan fingerprint density at radius 1 is 1.29 bits per heavy atom. The van der Waals surface area contributed by atoms with Gasteiger partial charge in [-0.3, -0.25) is 0 Å². The van der Waals surface area contributed by atoms with E-state index < -0.39 is 0 Å². The summed E-state index contributed by atoms with van der Waals surface area (Å²) in [5.74, 6) is 0. The zero-order chi connectivity index (χ0) is 12.3. The van der Waals surface area contributed by atoms with E-state index in [1.165, 1.54) is 16.8 Å². The molecule has 0 bridgehead atoms. The highest BCUT2D eigenvalue weighted by Gasteiger charge is 2.10. The van der Waals surface area contributed by atoms with Gasteiger partial charge in [0.25, 0.3) is 0 Å². The number of nitrogens with zero attached hydrogens (tertiary/aromatic N) is 2. The maximum absolute atomic E-state index is 5.91. The van der Waals surface area contributed by atoms with Crippen LogP contribution in [0.3, 0.4) is 0 Å². The van der Waals surface area contributed by atoms with Gasteiger partial charge in [-0.25, -0.2) is 4.68 Å². The molecule has 17 heavy (non-hydrogen) atoms. The molecule has 1 atom stereocenters. The smallest absolute Gasteiger partial charge is 0.0709 e. The third-order valence-corrected chi connectivity index (χ3v) is 2.86. The number of nitrogens with two attached hydrogens (primary N) is 1. The monoisotopic (exact) mass is 229 g/mol. The van der Waals surface area contributed by atoms with E-state index >= 15 is 0 Å². The third kappa shape index (κ3) is 2.56. The summed E-state index contributed by atoms with van der Waals surface area (Å²) in [6.07, 6.45) is 5.67. The average Bonchev–Trinajstić information content (AvgIpc) is 2.81. The van der Waals surface area contributed by atoms with Gasteiger partial charge >= 0.3 is 0 Å². The van der Waals surface area contributed by atoms with E-state index in [0.717, 1.165) is 12.8 Å². The lowest BCUT2D eigenvalue weighted by atomic mass is 10.00. The van der Waals surface area contributed by atoms with Crippen molar-refractivity contribution in [3.05, 3.63) is 47.8 Å². The summed E-state index contributed by atoms with van der Waals surface area (Å²) in [6, 6.07) is 8.50. The Kier molecular flexibility index (Phi) is 3.59. The fraction of sp³-hybridized carbons (Fsp3) is 0.357. The first-order valence-corrected chi connectivity index (χ1v) is 6.08. The second-order valence-corrected chi connectivity index (χ2v) is 4.41. The number of rotatable bonds is 4. The molecule has 0 amide bonds. The number of hydrogen-bond donors (Lipinski definition) is 1. The summed E-state index contributed by atoms with van der Waals surface area (Å²) < 4.78 is 1.94. The number of benzene rings is 1. The summed E-state index contributed by atoms with van der Waals surface area (Å²) in [4.78, 5) is 0. The van der Waals surface area contributed by atoms with Crippen molar-refractivity contribution >= 4 is 0 Å². The molecule has 1 aromatic carbocycles. The maximum atomic E-state index is 5.91. The Hall–Kier alpha value is -1.61. The zero-order valence-electron chi connectivity index (χ0n) is 10.4. The van der Waals surface area contributed by atoms with E-state index in [1.807, 2.05) is 30.1 Å². The van der Waals surface area contributed by atoms with E-state index in [2.05, 4.69) is 30.2 Å². The highest BCUT2D eigenvalue weighted by atomic mass is 15.3. The van der Waals surface area contributed by atoms with E-state index in [0.29, 0.717) is 0 Å². The van der Waals surface area contributed by atoms with Gasteiger partial charge in [0.1, 0.15) is 0 Å². The lowest BCUT2D eigenvalue weighted by Gasteiger charge is -2.15. The molecular weight excluding hydrogens is 210 g/mol. The summed E-state index contributed by atoms with van der Waals surface area (Å²) in [5, 5.41) is 4.34. The Morgan fingerprint density at radius 3 is 2.65 bits per heavy atom. The molecule has 0 fully saturated rings. The summed E-state index contributed by atoms with van der Waals surface area (Å²) in [6.45, 7) is 4.20. The third-order valence-electron chi connectivity index (χ3n) is 2.86. The largest absolute Gasteiger partial charge is 0.328 e. The number of aryl methyl sites for hydroxylation is 1. The molecule has 0 spiro atoms. The van der Waals surface area contributed by atoms with E-state index in [1.54, 1.807) is 0 Å². The van der Waals surface area contributed by atoms with Crippen LogP contribution in [0.5, 0.6) is 0 Å². The van der Waals surface area contributed by atoms with Crippen LogP contribution >= 0.6 is 0 Å². The molecule has 3 heteroatoms. The quantitative estimate of drug-likeness (QED) is 0.874. The van der Waals surface area contributed by atoms with Gasteiger partial charge in [-0.05, 0) is 37.0 Å². The second-order valence-electron chi connectivity index (χ2n) is 4.41. The second kappa shape index (κ2) is 5.15. The van der Waals surface area contributed by atoms with Gasteiger partial charge in [0.05, 0.1) is 5.69 Å². The van der Waals surface area contributed by atoms with Crippen LogP contribution in [0.2, 0.25) is 0 Å². The van der Waals surface area contributed by atoms with Crippen LogP contribution in [-0.4, -0.2) is 15.8 Å². The first kappa shape index (κ1) is 11.9. The molecule has 1 heterocycles. The first-order valence-electron chi connectivity index (χ1n) is 6.08. The van der Waals surface area contributed by atoms with Crippen molar-refractivity contribution in [2.75, 3.05) is 0 Å². The molecule has 3 nitrogen and oxygen atoms in total. The summed E-state index contributed by atoms with van der Waals surface area (Å²) >= 11 is 0. The van der Waals surface area contributed by atoms with E-state index in [-0.39, 0.29) is 6.04 Å². The molecule has 0 saturated heterocycles. The van der Waals surface area contributed by atoms with Crippen LogP contribution in [0, 0.1) is 0 Å². The van der Waals surface area contributed by atoms with Crippen LogP contribution in [0.15, 0.2) is 36.7 Å². The van der Waals surface area contributed by atoms with Gasteiger partial charge in [-0.2, -0.15) is 5.10 Å². The van der Waals surface area contributed by atoms with Crippen LogP contribution < -0.4 is 5.73 Å². The Bertz CT molecular complexity index is 472. The molecule has 0 saturated carbocycles. The topological polar surface area (TPSA) is 43.8 Å². The Labute approximate surface area is 102 Å². The Morgan fingerprint density at radius 2 is 2.06 bits per heavy atom. The predicted octanol–water partition coefficient (Wildman–Crippen LogP) is 2.32. The minimum atomic E-state index is 0.163. The van der Waals surface area contributed by atoms with Crippen LogP contribution in [-0.2, 0) is 12.8 Å². The van der Waals surface area contributed by atoms with Gasteiger partial charge in [0, 0.05) is 18.4 Å². The van der Waals surface area contributed by atoms with Gasteiger partial charge in [0.15, 0.2) is 0 Å². The lowest BCUT2D eigenvalue weighted by Crippen LogP contribution is -2.19. The fourth-order valence-corrected chi connectivity index (χ4v) is 2.14. The molecular formula is C14H19N3. The van der Waals surface area contributed by atoms with Crippen molar-refractivity contribution in [1.29, 1.82) is 0 Å². The average molecular weight is 229 g/mol. The van der Waals surface area contributed by atoms with Crippen molar-refractivity contribution < 1.29 is 0 Å². The normalized spacial score (nSPS) is 12.6. The van der Waals surface area contributed by atoms with Crippen LogP contribution in [0.1, 0.15) is 25.0 Å². The standard InChI is InChI=1S/C14H19N3/c1-3-12-6-4-7-13(10-11(2)15)14(12)17-9-5-8-16-17/h4-9,11H,3,10,15H2,1-2H3. The number of para-hydroxylation sites is 1. The van der Waals surface area contributed by atoms with Crippen LogP contribution in [0.25, 0.3) is 5.69 Å². The fourth-order valence-electron chi connectivity index (χ4n) is 2.14. The minimum Gasteiger partial charge on any atom is -0.328 e. The molecule has 0 aliphatic carbocycles. The zero-order valence-corrected chi connectivity index (χ0v) is 10.4. The summed E-state index contributed by atoms with van der Waals surface area (Å²) in [7, 11) is 0. The molecule has 1 unspecified atom stereocenters. The van der Waals surface area contributed by atoms with Gasteiger partial charge in [0.2, 0.25) is 0 Å². The highest BCUT2D eigenvalue weighted by Crippen LogP contribution is 2.21. The van der Waals surface area contributed by atoms with Crippen molar-refractivity contribution in [3.8, 4) is 5.69 Å². The highest BCUT2D eigenvalue weighted by molar-refractivity contribution is 5.48. The minimum absolute atomic E-state index is 0.163. The Balaban J connectivity index is 2.52.